The van der Waals surface area contributed by atoms with Crippen LogP contribution in [0.4, 0.5) is 0 Å². The lowest BCUT2D eigenvalue weighted by atomic mass is 9.83. The third kappa shape index (κ3) is 3.61. The molecule has 1 aromatic rings. The molecule has 0 radical (unpaired) electrons. The summed E-state index contributed by atoms with van der Waals surface area (Å²) in [6.45, 7) is 11.0. The molecule has 0 aliphatic carbocycles. The Balaban J connectivity index is 1.59. The first kappa shape index (κ1) is 19.9. The molecule has 4 aliphatic heterocycles. The average Bonchev–Trinajstić information content (AvgIpc) is 3.04. The number of carbonyl (C=O) groups excluding carboxylic acids is 1. The molecule has 0 N–H and O–H groups in total. The predicted octanol–water partition coefficient (Wildman–Crippen LogP) is 3.95. The van der Waals surface area contributed by atoms with Crippen LogP contribution in [0.3, 0.4) is 0 Å². The molecule has 5 rings (SSSR count). The van der Waals surface area contributed by atoms with Crippen LogP contribution >= 0.6 is 0 Å². The molecule has 0 saturated carbocycles. The molecule has 4 fully saturated rings. The Hall–Kier alpha value is -1.39. The Morgan fingerprint density at radius 2 is 1.75 bits per heavy atom. The van der Waals surface area contributed by atoms with Crippen molar-refractivity contribution < 1.29 is 14.0 Å². The number of hydrogen-bond acceptors (Lipinski definition) is 3. The third-order valence-corrected chi connectivity index (χ3v) is 7.94. The molecule has 4 heterocycles. The van der Waals surface area contributed by atoms with Gasteiger partial charge in [0.1, 0.15) is 12.1 Å². The average molecular weight is 386 g/mol. The largest absolute Gasteiger partial charge is 0.454 e. The summed E-state index contributed by atoms with van der Waals surface area (Å²) in [7, 11) is 0. The second-order valence-corrected chi connectivity index (χ2v) is 9.41. The minimum Gasteiger partial charge on any atom is -0.454 e. The van der Waals surface area contributed by atoms with E-state index in [4.69, 9.17) is 4.74 Å². The van der Waals surface area contributed by atoms with Crippen molar-refractivity contribution in [2.45, 2.75) is 64.0 Å². The van der Waals surface area contributed by atoms with E-state index in [9.17, 15) is 4.79 Å². The van der Waals surface area contributed by atoms with Crippen molar-refractivity contribution in [2.24, 2.45) is 5.92 Å². The van der Waals surface area contributed by atoms with Crippen molar-refractivity contribution in [2.75, 3.05) is 39.3 Å². The second kappa shape index (κ2) is 8.16. The van der Waals surface area contributed by atoms with E-state index in [0.29, 0.717) is 5.92 Å². The number of piperidine rings is 3. The molecule has 1 aromatic carbocycles. The highest BCUT2D eigenvalue weighted by Crippen LogP contribution is 2.38. The highest BCUT2D eigenvalue weighted by molar-refractivity contribution is 5.82. The van der Waals surface area contributed by atoms with Crippen molar-refractivity contribution in [3.05, 3.63) is 35.9 Å². The standard InChI is InChI=1S/C24H37N2O2/c1-3-26-17-13-20(14-18-26)22(19-26)28-23(27)24(2,21-11-7-6-8-12-21)25-15-9-4-5-10-16-25/h6-8,11-12,20,22H,3-5,9-10,13-19H2,1-2H3/q+1/t20?,22-,24?,26?/m0/s1. The normalized spacial score (nSPS) is 33.1. The van der Waals surface area contributed by atoms with Crippen molar-refractivity contribution in [3.63, 3.8) is 0 Å². The maximum atomic E-state index is 13.7. The molecule has 4 heteroatoms. The fraction of sp³-hybridized carbons (Fsp3) is 0.708. The van der Waals surface area contributed by atoms with Gasteiger partial charge >= 0.3 is 5.97 Å². The van der Waals surface area contributed by atoms with Crippen LogP contribution in [0.5, 0.6) is 0 Å². The zero-order valence-electron chi connectivity index (χ0n) is 17.7. The first-order valence-electron chi connectivity index (χ1n) is 11.4. The molecule has 4 nitrogen and oxygen atoms in total. The maximum absolute atomic E-state index is 13.7. The van der Waals surface area contributed by atoms with Crippen molar-refractivity contribution in [1.29, 1.82) is 0 Å². The number of esters is 1. The van der Waals surface area contributed by atoms with Crippen LogP contribution in [0, 0.1) is 5.92 Å². The van der Waals surface area contributed by atoms with Crippen molar-refractivity contribution in [3.8, 4) is 0 Å². The molecule has 28 heavy (non-hydrogen) atoms. The number of ether oxygens (including phenoxy) is 1. The van der Waals surface area contributed by atoms with Crippen molar-refractivity contribution in [1.82, 2.24) is 4.90 Å². The summed E-state index contributed by atoms with van der Waals surface area (Å²) in [5, 5.41) is 0. The number of rotatable bonds is 5. The quantitative estimate of drug-likeness (QED) is 0.568. The van der Waals surface area contributed by atoms with Crippen LogP contribution in [-0.4, -0.2) is 60.7 Å². The Labute approximate surface area is 170 Å². The van der Waals surface area contributed by atoms with Gasteiger partial charge in [0, 0.05) is 18.8 Å². The number of likely N-dealkylation sites (tertiary alicyclic amines) is 1. The first-order valence-corrected chi connectivity index (χ1v) is 11.4. The summed E-state index contributed by atoms with van der Waals surface area (Å²) in [6, 6.07) is 10.3. The van der Waals surface area contributed by atoms with E-state index >= 15 is 0 Å². The Kier molecular flexibility index (Phi) is 5.80. The lowest BCUT2D eigenvalue weighted by molar-refractivity contribution is -0.944. The van der Waals surface area contributed by atoms with E-state index < -0.39 is 5.54 Å². The van der Waals surface area contributed by atoms with Gasteiger partial charge in [-0.15, -0.1) is 0 Å². The zero-order valence-corrected chi connectivity index (χ0v) is 17.7. The first-order chi connectivity index (χ1) is 13.6. The monoisotopic (exact) mass is 385 g/mol. The Morgan fingerprint density at radius 1 is 1.11 bits per heavy atom. The highest BCUT2D eigenvalue weighted by atomic mass is 16.5. The number of likely N-dealkylation sites (N-methyl/N-ethyl adjacent to an activating group) is 1. The van der Waals surface area contributed by atoms with Crippen LogP contribution in [0.25, 0.3) is 0 Å². The SMILES string of the molecule is CC[N+]12CCC(CC1)[C@@H](OC(=O)C(C)(c1ccccc1)N1CCCCCC1)C2. The van der Waals surface area contributed by atoms with Crippen LogP contribution in [0.2, 0.25) is 0 Å². The fourth-order valence-electron chi connectivity index (χ4n) is 5.76. The smallest absolute Gasteiger partial charge is 0.331 e. The number of fused-ring (bicyclic) bond motifs is 3. The number of carbonyl (C=O) groups is 1. The highest BCUT2D eigenvalue weighted by Gasteiger charge is 2.50. The van der Waals surface area contributed by atoms with Gasteiger partial charge in [-0.1, -0.05) is 43.2 Å². The number of hydrogen-bond donors (Lipinski definition) is 0. The van der Waals surface area contributed by atoms with E-state index in [1.54, 1.807) is 0 Å². The van der Waals surface area contributed by atoms with Gasteiger partial charge < -0.3 is 9.22 Å². The molecular formula is C24H37N2O2+. The molecule has 0 spiro atoms. The van der Waals surface area contributed by atoms with Gasteiger partial charge in [-0.25, -0.2) is 4.79 Å². The maximum Gasteiger partial charge on any atom is 0.331 e. The van der Waals surface area contributed by atoms with Gasteiger partial charge in [-0.05, 0) is 45.3 Å². The summed E-state index contributed by atoms with van der Waals surface area (Å²) < 4.78 is 7.51. The van der Waals surface area contributed by atoms with Crippen LogP contribution in [0.1, 0.15) is 57.9 Å². The molecule has 4 aliphatic rings. The van der Waals surface area contributed by atoms with E-state index in [2.05, 4.69) is 30.9 Å². The third-order valence-electron chi connectivity index (χ3n) is 7.94. The Morgan fingerprint density at radius 3 is 2.36 bits per heavy atom. The lowest BCUT2D eigenvalue weighted by Gasteiger charge is -2.52. The molecule has 0 aromatic heterocycles. The fourth-order valence-corrected chi connectivity index (χ4v) is 5.76. The molecule has 1 unspecified atom stereocenters. The van der Waals surface area contributed by atoms with Gasteiger partial charge in [-0.2, -0.15) is 0 Å². The van der Waals surface area contributed by atoms with Crippen LogP contribution in [0.15, 0.2) is 30.3 Å². The van der Waals surface area contributed by atoms with E-state index in [-0.39, 0.29) is 12.1 Å². The molecule has 154 valence electrons. The summed E-state index contributed by atoms with van der Waals surface area (Å²) in [6.07, 6.45) is 7.35. The number of quaternary nitrogens is 1. The topological polar surface area (TPSA) is 29.5 Å². The minimum atomic E-state index is -0.686. The minimum absolute atomic E-state index is 0.0337. The van der Waals surface area contributed by atoms with Gasteiger partial charge in [0.25, 0.3) is 0 Å². The summed E-state index contributed by atoms with van der Waals surface area (Å²) in [5.41, 5.74) is 0.386. The van der Waals surface area contributed by atoms with E-state index in [1.165, 1.54) is 38.8 Å². The molecular weight excluding hydrogens is 348 g/mol. The molecule has 2 bridgehead atoms. The zero-order chi connectivity index (χ0) is 19.6. The van der Waals surface area contributed by atoms with E-state index in [0.717, 1.165) is 49.1 Å². The summed E-state index contributed by atoms with van der Waals surface area (Å²) in [4.78, 5) is 16.1. The van der Waals surface area contributed by atoms with Crippen LogP contribution < -0.4 is 0 Å². The summed E-state index contributed by atoms with van der Waals surface area (Å²) >= 11 is 0. The van der Waals surface area contributed by atoms with Gasteiger partial charge in [0.15, 0.2) is 6.10 Å². The van der Waals surface area contributed by atoms with Crippen LogP contribution in [-0.2, 0) is 15.1 Å². The predicted molar refractivity (Wildman–Crippen MR) is 112 cm³/mol. The number of nitrogens with zero attached hydrogens (tertiary/aromatic N) is 2. The van der Waals surface area contributed by atoms with Crippen molar-refractivity contribution >= 4 is 5.97 Å². The summed E-state index contributed by atoms with van der Waals surface area (Å²) in [5.74, 6) is 0.522. The van der Waals surface area contributed by atoms with E-state index in [1.807, 2.05) is 18.2 Å². The van der Waals surface area contributed by atoms with Gasteiger partial charge in [0.2, 0.25) is 0 Å². The second-order valence-electron chi connectivity index (χ2n) is 9.41. The van der Waals surface area contributed by atoms with Gasteiger partial charge in [-0.3, -0.25) is 4.90 Å². The molecule has 2 atom stereocenters. The molecule has 4 saturated heterocycles. The lowest BCUT2D eigenvalue weighted by Crippen LogP contribution is -2.65. The Bertz CT molecular complexity index is 660. The number of benzene rings is 1. The van der Waals surface area contributed by atoms with Gasteiger partial charge in [0.05, 0.1) is 19.6 Å². The molecule has 0 amide bonds.